The van der Waals surface area contributed by atoms with E-state index in [4.69, 9.17) is 9.47 Å². The maximum atomic E-state index is 12.8. The van der Waals surface area contributed by atoms with Gasteiger partial charge < -0.3 is 19.8 Å². The second-order valence-corrected chi connectivity index (χ2v) is 6.44. The highest BCUT2D eigenvalue weighted by molar-refractivity contribution is 6.44. The van der Waals surface area contributed by atoms with Gasteiger partial charge in [0.25, 0.3) is 11.7 Å². The maximum absolute atomic E-state index is 12.8. The van der Waals surface area contributed by atoms with E-state index in [1.165, 1.54) is 0 Å². The number of Topliss-reactive ketones (excluding diaryl/α,β-unsaturated/α-hetero) is 1. The number of nitrogens with one attached hydrogen (secondary N) is 2. The summed E-state index contributed by atoms with van der Waals surface area (Å²) >= 11 is 0. The van der Waals surface area contributed by atoms with Gasteiger partial charge in [0.2, 0.25) is 0 Å². The zero-order valence-corrected chi connectivity index (χ0v) is 16.8. The molecule has 28 heavy (non-hydrogen) atoms. The predicted molar refractivity (Wildman–Crippen MR) is 106 cm³/mol. The van der Waals surface area contributed by atoms with Crippen LogP contribution in [0.25, 0.3) is 11.1 Å². The number of rotatable bonds is 8. The summed E-state index contributed by atoms with van der Waals surface area (Å²) in [7, 11) is 1.55. The van der Waals surface area contributed by atoms with Gasteiger partial charge in [0, 0.05) is 17.3 Å². The van der Waals surface area contributed by atoms with Crippen LogP contribution in [0.4, 0.5) is 0 Å². The average Bonchev–Trinajstić information content (AvgIpc) is 3.04. The van der Waals surface area contributed by atoms with Gasteiger partial charge >= 0.3 is 5.97 Å². The predicted octanol–water partition coefficient (Wildman–Crippen LogP) is 3.27. The Hall–Kier alpha value is -3.09. The zero-order chi connectivity index (χ0) is 20.8. The van der Waals surface area contributed by atoms with E-state index in [0.29, 0.717) is 29.0 Å². The fourth-order valence-electron chi connectivity index (χ4n) is 2.81. The van der Waals surface area contributed by atoms with E-state index < -0.39 is 17.7 Å². The molecular formula is C21H26N2O5. The minimum absolute atomic E-state index is 0.0616. The first-order chi connectivity index (χ1) is 13.3. The number of aromatic amines is 1. The number of carbonyl (C=O) groups excluding carboxylic acids is 3. The number of H-pyrrole nitrogens is 1. The van der Waals surface area contributed by atoms with E-state index in [0.717, 1.165) is 0 Å². The van der Waals surface area contributed by atoms with Crippen LogP contribution in [0.1, 0.15) is 53.7 Å². The number of aromatic nitrogens is 1. The fraction of sp³-hybridized carbons (Fsp3) is 0.381. The molecule has 2 aromatic rings. The normalized spacial score (nSPS) is 11.6. The molecule has 0 aliphatic carbocycles. The first kappa shape index (κ1) is 21.2. The van der Waals surface area contributed by atoms with E-state index >= 15 is 0 Å². The highest BCUT2D eigenvalue weighted by Gasteiger charge is 2.30. The Kier molecular flexibility index (Phi) is 6.98. The Morgan fingerprint density at radius 3 is 2.32 bits per heavy atom. The number of amides is 1. The summed E-state index contributed by atoms with van der Waals surface area (Å²) in [5.41, 5.74) is 1.72. The SMILES string of the molecule is CCOC(=O)c1c(C)[nH]c(C(=O)C(=O)N[C@@H](C)CC)c1-c1ccc(OC)cc1. The standard InChI is InChI=1S/C21H26N2O5/c1-6-12(3)22-20(25)19(24)18-17(14-8-10-15(27-5)11-9-14)16(13(4)23-18)21(26)28-7-2/h8-12,23H,6-7H2,1-5H3,(H,22,25)/t12-/m0/s1. The van der Waals surface area contributed by atoms with Gasteiger partial charge in [-0.05, 0) is 44.9 Å². The van der Waals surface area contributed by atoms with Gasteiger partial charge in [-0.3, -0.25) is 9.59 Å². The third-order valence-corrected chi connectivity index (χ3v) is 4.47. The molecule has 1 aromatic heterocycles. The Morgan fingerprint density at radius 1 is 1.14 bits per heavy atom. The molecule has 1 amide bonds. The first-order valence-electron chi connectivity index (χ1n) is 9.23. The molecule has 0 saturated heterocycles. The lowest BCUT2D eigenvalue weighted by molar-refractivity contribution is -0.117. The van der Waals surface area contributed by atoms with Gasteiger partial charge in [0.15, 0.2) is 0 Å². The highest BCUT2D eigenvalue weighted by atomic mass is 16.5. The number of ketones is 1. The number of hydrogen-bond donors (Lipinski definition) is 2. The van der Waals surface area contributed by atoms with Crippen LogP contribution >= 0.6 is 0 Å². The van der Waals surface area contributed by atoms with Gasteiger partial charge in [0.05, 0.1) is 19.3 Å². The van der Waals surface area contributed by atoms with Crippen molar-refractivity contribution in [3.63, 3.8) is 0 Å². The van der Waals surface area contributed by atoms with E-state index in [9.17, 15) is 14.4 Å². The van der Waals surface area contributed by atoms with Crippen LogP contribution in [0.15, 0.2) is 24.3 Å². The largest absolute Gasteiger partial charge is 0.497 e. The lowest BCUT2D eigenvalue weighted by atomic mass is 9.98. The number of hydrogen-bond acceptors (Lipinski definition) is 5. The van der Waals surface area contributed by atoms with Crippen molar-refractivity contribution in [2.24, 2.45) is 0 Å². The topological polar surface area (TPSA) is 97.5 Å². The minimum Gasteiger partial charge on any atom is -0.497 e. The van der Waals surface area contributed by atoms with E-state index in [1.54, 1.807) is 45.2 Å². The van der Waals surface area contributed by atoms with Gasteiger partial charge in [-0.15, -0.1) is 0 Å². The number of carbonyl (C=O) groups is 3. The van der Waals surface area contributed by atoms with Crippen LogP contribution in [0.2, 0.25) is 0 Å². The number of benzene rings is 1. The summed E-state index contributed by atoms with van der Waals surface area (Å²) in [6.07, 6.45) is 0.697. The first-order valence-corrected chi connectivity index (χ1v) is 9.23. The lowest BCUT2D eigenvalue weighted by Gasteiger charge is -2.11. The summed E-state index contributed by atoms with van der Waals surface area (Å²) in [4.78, 5) is 40.7. The van der Waals surface area contributed by atoms with Crippen LogP contribution in [0.3, 0.4) is 0 Å². The highest BCUT2D eigenvalue weighted by Crippen LogP contribution is 2.32. The third kappa shape index (κ3) is 4.42. The minimum atomic E-state index is -0.732. The molecule has 0 aliphatic heterocycles. The monoisotopic (exact) mass is 386 g/mol. The van der Waals surface area contributed by atoms with Crippen LogP contribution in [-0.4, -0.2) is 42.4 Å². The maximum Gasteiger partial charge on any atom is 0.340 e. The summed E-state index contributed by atoms with van der Waals surface area (Å²) < 4.78 is 10.3. The fourth-order valence-corrected chi connectivity index (χ4v) is 2.81. The molecule has 0 saturated carbocycles. The molecule has 1 aromatic carbocycles. The van der Waals surface area contributed by atoms with Gasteiger partial charge in [-0.25, -0.2) is 4.79 Å². The molecule has 0 unspecified atom stereocenters. The summed E-state index contributed by atoms with van der Waals surface area (Å²) in [6, 6.07) is 6.77. The Bertz CT molecular complexity index is 868. The van der Waals surface area contributed by atoms with E-state index in [1.807, 2.05) is 13.8 Å². The van der Waals surface area contributed by atoms with Crippen molar-refractivity contribution in [3.05, 3.63) is 41.2 Å². The molecule has 2 rings (SSSR count). The Labute approximate surface area is 164 Å². The second kappa shape index (κ2) is 9.21. The van der Waals surface area contributed by atoms with Crippen LogP contribution in [-0.2, 0) is 9.53 Å². The van der Waals surface area contributed by atoms with E-state index in [2.05, 4.69) is 10.3 Å². The van der Waals surface area contributed by atoms with Crippen molar-refractivity contribution in [2.75, 3.05) is 13.7 Å². The zero-order valence-electron chi connectivity index (χ0n) is 16.8. The second-order valence-electron chi connectivity index (χ2n) is 6.44. The summed E-state index contributed by atoms with van der Waals surface area (Å²) in [6.45, 7) is 7.31. The number of methoxy groups -OCH3 is 1. The smallest absolute Gasteiger partial charge is 0.340 e. The molecule has 7 heteroatoms. The van der Waals surface area contributed by atoms with Gasteiger partial charge in [-0.1, -0.05) is 19.1 Å². The molecule has 7 nitrogen and oxygen atoms in total. The Morgan fingerprint density at radius 2 is 1.79 bits per heavy atom. The van der Waals surface area contributed by atoms with Crippen molar-refractivity contribution in [1.29, 1.82) is 0 Å². The molecule has 1 heterocycles. The van der Waals surface area contributed by atoms with Gasteiger partial charge in [0.1, 0.15) is 11.4 Å². The van der Waals surface area contributed by atoms with Crippen molar-refractivity contribution < 1.29 is 23.9 Å². The number of ether oxygens (including phenoxy) is 2. The van der Waals surface area contributed by atoms with Crippen molar-refractivity contribution in [2.45, 2.75) is 40.2 Å². The molecule has 0 spiro atoms. The van der Waals surface area contributed by atoms with E-state index in [-0.39, 0.29) is 23.9 Å². The van der Waals surface area contributed by atoms with Crippen molar-refractivity contribution in [3.8, 4) is 16.9 Å². The van der Waals surface area contributed by atoms with Crippen LogP contribution in [0.5, 0.6) is 5.75 Å². The van der Waals surface area contributed by atoms with Crippen molar-refractivity contribution >= 4 is 17.7 Å². The van der Waals surface area contributed by atoms with Crippen molar-refractivity contribution in [1.82, 2.24) is 10.3 Å². The summed E-state index contributed by atoms with van der Waals surface area (Å²) in [5.74, 6) is -1.37. The number of aryl methyl sites for hydroxylation is 1. The van der Waals surface area contributed by atoms with Crippen LogP contribution in [0, 0.1) is 6.92 Å². The molecule has 0 fully saturated rings. The molecule has 1 atom stereocenters. The summed E-state index contributed by atoms with van der Waals surface area (Å²) in [5, 5.41) is 2.66. The molecule has 150 valence electrons. The third-order valence-electron chi connectivity index (χ3n) is 4.47. The number of esters is 1. The molecule has 0 aliphatic rings. The molecule has 2 N–H and O–H groups in total. The van der Waals surface area contributed by atoms with Gasteiger partial charge in [-0.2, -0.15) is 0 Å². The quantitative estimate of drug-likeness (QED) is 0.412. The Balaban J connectivity index is 2.58. The molecule has 0 bridgehead atoms. The van der Waals surface area contributed by atoms with Crippen LogP contribution < -0.4 is 10.1 Å². The molecule has 0 radical (unpaired) electrons. The average molecular weight is 386 g/mol. The lowest BCUT2D eigenvalue weighted by Crippen LogP contribution is -2.37. The molecular weight excluding hydrogens is 360 g/mol.